The summed E-state index contributed by atoms with van der Waals surface area (Å²) in [6.45, 7) is 2.79. The van der Waals surface area contributed by atoms with E-state index in [9.17, 15) is 18.0 Å². The third kappa shape index (κ3) is 5.57. The van der Waals surface area contributed by atoms with Gasteiger partial charge in [0, 0.05) is 37.5 Å². The lowest BCUT2D eigenvalue weighted by Gasteiger charge is -2.16. The molecule has 0 aliphatic rings. The van der Waals surface area contributed by atoms with E-state index in [4.69, 9.17) is 4.74 Å². The summed E-state index contributed by atoms with van der Waals surface area (Å²) in [5, 5.41) is 2.87. The predicted molar refractivity (Wildman–Crippen MR) is 141 cm³/mol. The molecule has 0 spiro atoms. The van der Waals surface area contributed by atoms with Gasteiger partial charge < -0.3 is 19.5 Å². The molecule has 4 rings (SSSR count). The summed E-state index contributed by atoms with van der Waals surface area (Å²) in [6, 6.07) is 11.3. The summed E-state index contributed by atoms with van der Waals surface area (Å²) in [4.78, 5) is 31.4. The summed E-state index contributed by atoms with van der Waals surface area (Å²) in [5.41, 5.74) is 1.51. The van der Waals surface area contributed by atoms with Gasteiger partial charge in [0.25, 0.3) is 11.5 Å². The van der Waals surface area contributed by atoms with E-state index in [2.05, 4.69) is 10.3 Å². The van der Waals surface area contributed by atoms with Crippen LogP contribution in [0, 0.1) is 0 Å². The number of carbonyl (C=O) groups excluding carboxylic acids is 1. The smallest absolute Gasteiger partial charge is 0.276 e. The quantitative estimate of drug-likeness (QED) is 0.359. The number of carbonyl (C=O) groups is 1. The zero-order valence-electron chi connectivity index (χ0n) is 21.1. The second-order valence-corrected chi connectivity index (χ2v) is 11.1. The molecule has 0 saturated heterocycles. The summed E-state index contributed by atoms with van der Waals surface area (Å²) in [6.07, 6.45) is 4.56. The molecular weight excluding hydrogens is 494 g/mol. The number of hydrogen-bond donors (Lipinski definition) is 1. The van der Waals surface area contributed by atoms with Gasteiger partial charge in [-0.3, -0.25) is 14.0 Å². The van der Waals surface area contributed by atoms with E-state index in [-0.39, 0.29) is 22.1 Å². The van der Waals surface area contributed by atoms with Crippen LogP contribution >= 0.6 is 0 Å². The normalized spacial score (nSPS) is 11.7. The van der Waals surface area contributed by atoms with Crippen molar-refractivity contribution < 1.29 is 17.9 Å². The summed E-state index contributed by atoms with van der Waals surface area (Å²) >= 11 is 0. The molecule has 1 N–H and O–H groups in total. The number of aryl methyl sites for hydroxylation is 1. The maximum Gasteiger partial charge on any atom is 0.276 e. The van der Waals surface area contributed by atoms with Crippen molar-refractivity contribution >= 4 is 21.3 Å². The van der Waals surface area contributed by atoms with Crippen molar-refractivity contribution in [3.63, 3.8) is 0 Å². The van der Waals surface area contributed by atoms with Crippen LogP contribution in [0.25, 0.3) is 16.8 Å². The van der Waals surface area contributed by atoms with Crippen LogP contribution in [0.15, 0.2) is 70.9 Å². The van der Waals surface area contributed by atoms with Gasteiger partial charge >= 0.3 is 0 Å². The molecule has 194 valence electrons. The van der Waals surface area contributed by atoms with E-state index in [0.29, 0.717) is 46.9 Å². The third-order valence-electron chi connectivity index (χ3n) is 5.89. The molecule has 0 aliphatic carbocycles. The van der Waals surface area contributed by atoms with Crippen LogP contribution in [-0.2, 0) is 16.9 Å². The van der Waals surface area contributed by atoms with E-state index in [0.717, 1.165) is 0 Å². The highest BCUT2D eigenvalue weighted by Gasteiger charge is 2.20. The first-order chi connectivity index (χ1) is 17.6. The van der Waals surface area contributed by atoms with Crippen molar-refractivity contribution in [3.05, 3.63) is 77.1 Å². The van der Waals surface area contributed by atoms with Gasteiger partial charge in [-0.2, -0.15) is 0 Å². The second kappa shape index (κ2) is 10.6. The predicted octanol–water partition coefficient (Wildman–Crippen LogP) is 2.58. The molecule has 0 radical (unpaired) electrons. The number of nitrogens with zero attached hydrogens (tertiary/aromatic N) is 4. The summed E-state index contributed by atoms with van der Waals surface area (Å²) in [5.74, 6) is 0.467. The first-order valence-electron chi connectivity index (χ1n) is 11.7. The maximum atomic E-state index is 12.7. The average molecular weight is 524 g/mol. The number of hydrogen-bond acceptors (Lipinski definition) is 7. The van der Waals surface area contributed by atoms with Gasteiger partial charge in [0.2, 0.25) is 0 Å². The summed E-state index contributed by atoms with van der Waals surface area (Å²) < 4.78 is 34.5. The first kappa shape index (κ1) is 26.1. The minimum atomic E-state index is -3.51. The van der Waals surface area contributed by atoms with Gasteiger partial charge in [0.15, 0.2) is 9.84 Å². The van der Waals surface area contributed by atoms with Crippen LogP contribution in [-0.4, -0.2) is 66.1 Å². The van der Waals surface area contributed by atoms with Gasteiger partial charge in [-0.15, -0.1) is 0 Å². The lowest BCUT2D eigenvalue weighted by atomic mass is 10.1. The van der Waals surface area contributed by atoms with Gasteiger partial charge in [0.05, 0.1) is 28.9 Å². The Kier molecular flexibility index (Phi) is 7.46. The van der Waals surface area contributed by atoms with Crippen LogP contribution in [0.4, 0.5) is 0 Å². The van der Waals surface area contributed by atoms with Crippen LogP contribution in [0.1, 0.15) is 17.3 Å². The molecule has 2 heterocycles. The molecule has 4 aromatic rings. The lowest BCUT2D eigenvalue weighted by molar-refractivity contribution is 0.0950. The molecule has 0 bridgehead atoms. The fourth-order valence-corrected chi connectivity index (χ4v) is 4.72. The molecule has 0 unspecified atom stereocenters. The number of fused-ring (bicyclic) bond motifs is 1. The fraction of sp³-hybridized carbons (Fsp3) is 0.269. The number of imidazole rings is 1. The molecule has 0 aliphatic heterocycles. The van der Waals surface area contributed by atoms with Gasteiger partial charge in [-0.25, -0.2) is 13.4 Å². The van der Waals surface area contributed by atoms with Crippen molar-refractivity contribution in [2.45, 2.75) is 11.8 Å². The molecule has 11 heteroatoms. The topological polar surface area (TPSA) is 115 Å². The molecule has 0 fully saturated rings. The monoisotopic (exact) mass is 523 g/mol. The fourth-order valence-electron chi connectivity index (χ4n) is 3.81. The van der Waals surface area contributed by atoms with E-state index in [1.165, 1.54) is 29.2 Å². The molecule has 0 saturated carbocycles. The number of ether oxygens (including phenoxy) is 1. The number of aromatic nitrogens is 3. The van der Waals surface area contributed by atoms with Crippen molar-refractivity contribution in [1.29, 1.82) is 0 Å². The number of benzene rings is 2. The van der Waals surface area contributed by atoms with E-state index < -0.39 is 9.84 Å². The Morgan fingerprint density at radius 2 is 1.95 bits per heavy atom. The first-order valence-corrected chi connectivity index (χ1v) is 13.4. The highest BCUT2D eigenvalue weighted by molar-refractivity contribution is 7.91. The maximum absolute atomic E-state index is 12.7. The zero-order valence-corrected chi connectivity index (χ0v) is 21.9. The Morgan fingerprint density at radius 1 is 1.16 bits per heavy atom. The van der Waals surface area contributed by atoms with Crippen LogP contribution in [0.2, 0.25) is 0 Å². The van der Waals surface area contributed by atoms with Crippen molar-refractivity contribution in [1.82, 2.24) is 24.2 Å². The Balaban J connectivity index is 1.78. The number of likely N-dealkylation sites (N-methyl/N-ethyl adjacent to an activating group) is 1. The van der Waals surface area contributed by atoms with Gasteiger partial charge in [-0.05, 0) is 50.5 Å². The third-order valence-corrected chi connectivity index (χ3v) is 7.62. The second-order valence-electron chi connectivity index (χ2n) is 8.83. The highest BCUT2D eigenvalue weighted by Crippen LogP contribution is 2.35. The molecule has 37 heavy (non-hydrogen) atoms. The van der Waals surface area contributed by atoms with Crippen LogP contribution in [0.3, 0.4) is 0 Å². The molecule has 2 aromatic carbocycles. The summed E-state index contributed by atoms with van der Waals surface area (Å²) in [7, 11) is 1.96. The number of amides is 1. The minimum absolute atomic E-state index is 0.0641. The van der Waals surface area contributed by atoms with E-state index in [1.54, 1.807) is 54.9 Å². The molecule has 10 nitrogen and oxygen atoms in total. The average Bonchev–Trinajstić information content (AvgIpc) is 3.37. The molecule has 0 atom stereocenters. The van der Waals surface area contributed by atoms with Crippen LogP contribution < -0.4 is 15.6 Å². The number of sulfone groups is 1. The van der Waals surface area contributed by atoms with Crippen molar-refractivity contribution in [3.8, 4) is 22.8 Å². The van der Waals surface area contributed by atoms with E-state index in [1.807, 2.05) is 19.0 Å². The van der Waals surface area contributed by atoms with E-state index >= 15 is 0 Å². The largest absolute Gasteiger partial charge is 0.457 e. The van der Waals surface area contributed by atoms with Crippen molar-refractivity contribution in [2.75, 3.05) is 32.9 Å². The SMILES string of the molecule is CCS(=O)(=O)c1ccc(Oc2cccc(C(=O)NCCN(C)C)c2)c(-c2cn(C)c(=O)c3cncn23)c1. The Bertz CT molecular complexity index is 1620. The van der Waals surface area contributed by atoms with Crippen LogP contribution in [0.5, 0.6) is 11.5 Å². The number of rotatable bonds is 9. The van der Waals surface area contributed by atoms with Crippen molar-refractivity contribution in [2.24, 2.45) is 7.05 Å². The molecule has 1 amide bonds. The molecule has 2 aromatic heterocycles. The highest BCUT2D eigenvalue weighted by atomic mass is 32.2. The number of nitrogens with one attached hydrogen (secondary N) is 1. The Morgan fingerprint density at radius 3 is 2.68 bits per heavy atom. The molecular formula is C26H29N5O5S. The van der Waals surface area contributed by atoms with Gasteiger partial charge in [0.1, 0.15) is 17.0 Å². The Hall–Kier alpha value is -3.96. The standard InChI is InChI=1S/C26H29N5O5S/c1-5-37(34,35)20-9-10-24(21(14-20)23-16-30(4)26(33)22-15-27-17-31(22)23)36-19-8-6-7-18(13-19)25(32)28-11-12-29(2)3/h6-10,13-17H,5,11-12H2,1-4H3,(H,28,32). The lowest BCUT2D eigenvalue weighted by Crippen LogP contribution is -2.31. The Labute approximate surface area is 215 Å². The zero-order chi connectivity index (χ0) is 26.7. The van der Waals surface area contributed by atoms with Gasteiger partial charge in [-0.1, -0.05) is 13.0 Å². The minimum Gasteiger partial charge on any atom is -0.457 e.